The summed E-state index contributed by atoms with van der Waals surface area (Å²) in [6, 6.07) is 0. The van der Waals surface area contributed by atoms with Gasteiger partial charge in [-0.15, -0.1) is 0 Å². The molecule has 0 aromatic carbocycles. The highest BCUT2D eigenvalue weighted by molar-refractivity contribution is 5.83. The van der Waals surface area contributed by atoms with Crippen LogP contribution >= 0.6 is 0 Å². The summed E-state index contributed by atoms with van der Waals surface area (Å²) in [5, 5.41) is 3.63. The van der Waals surface area contributed by atoms with Gasteiger partial charge in [0.2, 0.25) is 0 Å². The Labute approximate surface area is 81.8 Å². The van der Waals surface area contributed by atoms with Crippen molar-refractivity contribution in [1.82, 2.24) is 15.0 Å². The van der Waals surface area contributed by atoms with Gasteiger partial charge in [0.15, 0.2) is 5.82 Å². The first-order chi connectivity index (χ1) is 6.63. The van der Waals surface area contributed by atoms with Crippen LogP contribution in [0.1, 0.15) is 23.4 Å². The molecule has 6 nitrogen and oxygen atoms in total. The van der Waals surface area contributed by atoms with Crippen molar-refractivity contribution >= 4 is 5.97 Å². The molecule has 0 fully saturated rings. The minimum Gasteiger partial charge on any atom is -0.459 e. The van der Waals surface area contributed by atoms with Crippen LogP contribution in [0.4, 0.5) is 0 Å². The Morgan fingerprint density at radius 2 is 2.29 bits per heavy atom. The molecule has 78 valence electrons. The summed E-state index contributed by atoms with van der Waals surface area (Å²) < 4.78 is 9.41. The maximum atomic E-state index is 11.1. The van der Waals surface area contributed by atoms with Crippen molar-refractivity contribution in [3.63, 3.8) is 0 Å². The lowest BCUT2D eigenvalue weighted by molar-refractivity contribution is 0.0470. The van der Waals surface area contributed by atoms with Gasteiger partial charge in [0.1, 0.15) is 0 Å². The number of carbonyl (C=O) groups excluding carboxylic acids is 1. The van der Waals surface area contributed by atoms with E-state index in [2.05, 4.69) is 10.1 Å². The minimum absolute atomic E-state index is 0.0938. The maximum Gasteiger partial charge on any atom is 0.397 e. The molecular formula is C8H13N3O3. The predicted molar refractivity (Wildman–Crippen MR) is 47.6 cm³/mol. The molecule has 0 saturated carbocycles. The van der Waals surface area contributed by atoms with Gasteiger partial charge < -0.3 is 14.2 Å². The summed E-state index contributed by atoms with van der Waals surface area (Å²) >= 11 is 0. The zero-order valence-corrected chi connectivity index (χ0v) is 8.48. The number of aromatic nitrogens is 2. The van der Waals surface area contributed by atoms with Crippen molar-refractivity contribution in [2.24, 2.45) is 0 Å². The first-order valence-corrected chi connectivity index (χ1v) is 4.28. The lowest BCUT2D eigenvalue weighted by atomic mass is 10.5. The molecule has 0 N–H and O–H groups in total. The Hall–Kier alpha value is -1.43. The molecule has 1 heterocycles. The molecule has 0 aliphatic heterocycles. The number of rotatable bonds is 4. The zero-order valence-electron chi connectivity index (χ0n) is 8.48. The standard InChI is InChI=1S/C8H13N3O3/c1-4-13-8(12)7-9-6(10-14-7)5-11(2)3/h4-5H2,1-3H3. The fourth-order valence-electron chi connectivity index (χ4n) is 0.877. The Morgan fingerprint density at radius 3 is 2.86 bits per heavy atom. The number of esters is 1. The molecule has 0 aliphatic rings. The summed E-state index contributed by atoms with van der Waals surface area (Å²) in [5.74, 6) is -0.202. The predicted octanol–water partition coefficient (Wildman–Crippen LogP) is 0.308. The van der Waals surface area contributed by atoms with Gasteiger partial charge in [0, 0.05) is 0 Å². The fourth-order valence-corrected chi connectivity index (χ4v) is 0.877. The summed E-state index contributed by atoms with van der Waals surface area (Å²) in [6.45, 7) is 2.54. The molecule has 1 rings (SSSR count). The van der Waals surface area contributed by atoms with E-state index in [9.17, 15) is 4.79 Å². The Balaban J connectivity index is 2.63. The van der Waals surface area contributed by atoms with E-state index in [0.29, 0.717) is 19.0 Å². The van der Waals surface area contributed by atoms with Crippen molar-refractivity contribution in [2.45, 2.75) is 13.5 Å². The third-order valence-corrected chi connectivity index (χ3v) is 1.38. The second-order valence-electron chi connectivity index (χ2n) is 2.97. The largest absolute Gasteiger partial charge is 0.459 e. The fraction of sp³-hybridized carbons (Fsp3) is 0.625. The first kappa shape index (κ1) is 10.6. The van der Waals surface area contributed by atoms with E-state index in [1.165, 1.54) is 0 Å². The van der Waals surface area contributed by atoms with Gasteiger partial charge in [-0.2, -0.15) is 4.98 Å². The summed E-state index contributed by atoms with van der Waals surface area (Å²) in [5.41, 5.74) is 0. The molecule has 0 atom stereocenters. The third-order valence-electron chi connectivity index (χ3n) is 1.38. The number of carbonyl (C=O) groups is 1. The Morgan fingerprint density at radius 1 is 1.57 bits per heavy atom. The van der Waals surface area contributed by atoms with Crippen LogP contribution in [0.2, 0.25) is 0 Å². The van der Waals surface area contributed by atoms with Crippen LogP contribution in [0.15, 0.2) is 4.52 Å². The van der Waals surface area contributed by atoms with E-state index in [1.807, 2.05) is 19.0 Å². The SMILES string of the molecule is CCOC(=O)c1nc(CN(C)C)no1. The number of hydrogen-bond acceptors (Lipinski definition) is 6. The van der Waals surface area contributed by atoms with Crippen LogP contribution in [0.5, 0.6) is 0 Å². The van der Waals surface area contributed by atoms with Crippen LogP contribution in [0, 0.1) is 0 Å². The van der Waals surface area contributed by atoms with Gasteiger partial charge >= 0.3 is 11.9 Å². The molecule has 0 radical (unpaired) electrons. The molecular weight excluding hydrogens is 186 g/mol. The molecule has 0 bridgehead atoms. The van der Waals surface area contributed by atoms with Crippen molar-refractivity contribution < 1.29 is 14.1 Å². The molecule has 0 spiro atoms. The number of hydrogen-bond donors (Lipinski definition) is 0. The summed E-state index contributed by atoms with van der Waals surface area (Å²) in [4.78, 5) is 16.9. The minimum atomic E-state index is -0.579. The van der Waals surface area contributed by atoms with Gasteiger partial charge in [0.25, 0.3) is 0 Å². The number of nitrogens with zero attached hydrogens (tertiary/aromatic N) is 3. The number of ether oxygens (including phenoxy) is 1. The van der Waals surface area contributed by atoms with E-state index in [0.717, 1.165) is 0 Å². The van der Waals surface area contributed by atoms with E-state index in [4.69, 9.17) is 9.26 Å². The molecule has 1 aromatic heterocycles. The Bertz CT molecular complexity index is 309. The van der Waals surface area contributed by atoms with Gasteiger partial charge in [-0.3, -0.25) is 0 Å². The van der Waals surface area contributed by atoms with Gasteiger partial charge in [-0.25, -0.2) is 4.79 Å². The highest BCUT2D eigenvalue weighted by Crippen LogP contribution is 2.01. The van der Waals surface area contributed by atoms with Gasteiger partial charge in [-0.1, -0.05) is 5.16 Å². The average molecular weight is 199 g/mol. The molecule has 0 unspecified atom stereocenters. The lowest BCUT2D eigenvalue weighted by Gasteiger charge is -2.03. The van der Waals surface area contributed by atoms with Gasteiger partial charge in [0.05, 0.1) is 13.2 Å². The molecule has 0 amide bonds. The first-order valence-electron chi connectivity index (χ1n) is 4.28. The van der Waals surface area contributed by atoms with E-state index >= 15 is 0 Å². The van der Waals surface area contributed by atoms with E-state index in [1.54, 1.807) is 6.92 Å². The van der Waals surface area contributed by atoms with Gasteiger partial charge in [-0.05, 0) is 21.0 Å². The van der Waals surface area contributed by atoms with Crippen molar-refractivity contribution in [3.05, 3.63) is 11.7 Å². The highest BCUT2D eigenvalue weighted by Gasteiger charge is 2.15. The van der Waals surface area contributed by atoms with Crippen molar-refractivity contribution in [1.29, 1.82) is 0 Å². The molecule has 6 heteroatoms. The summed E-state index contributed by atoms with van der Waals surface area (Å²) in [7, 11) is 3.75. The molecule has 0 aliphatic carbocycles. The van der Waals surface area contributed by atoms with E-state index in [-0.39, 0.29) is 5.89 Å². The second kappa shape index (κ2) is 4.71. The summed E-state index contributed by atoms with van der Waals surface area (Å²) in [6.07, 6.45) is 0. The topological polar surface area (TPSA) is 68.5 Å². The second-order valence-corrected chi connectivity index (χ2v) is 2.97. The van der Waals surface area contributed by atoms with E-state index < -0.39 is 5.97 Å². The van der Waals surface area contributed by atoms with Crippen LogP contribution in [0.25, 0.3) is 0 Å². The quantitative estimate of drug-likeness (QED) is 0.650. The van der Waals surface area contributed by atoms with Crippen LogP contribution in [-0.4, -0.2) is 41.7 Å². The van der Waals surface area contributed by atoms with Crippen LogP contribution in [-0.2, 0) is 11.3 Å². The average Bonchev–Trinajstić information content (AvgIpc) is 2.52. The zero-order chi connectivity index (χ0) is 10.6. The molecule has 1 aromatic rings. The Kier molecular flexibility index (Phi) is 3.58. The highest BCUT2D eigenvalue weighted by atomic mass is 16.6. The van der Waals surface area contributed by atoms with Crippen LogP contribution in [0.3, 0.4) is 0 Å². The third kappa shape index (κ3) is 2.81. The smallest absolute Gasteiger partial charge is 0.397 e. The van der Waals surface area contributed by atoms with Crippen molar-refractivity contribution in [2.75, 3.05) is 20.7 Å². The lowest BCUT2D eigenvalue weighted by Crippen LogP contribution is -2.12. The molecule has 0 saturated heterocycles. The maximum absolute atomic E-state index is 11.1. The van der Waals surface area contributed by atoms with Crippen molar-refractivity contribution in [3.8, 4) is 0 Å². The van der Waals surface area contributed by atoms with Crippen LogP contribution < -0.4 is 0 Å². The monoisotopic (exact) mass is 199 g/mol. The normalized spacial score (nSPS) is 10.6. The molecule has 14 heavy (non-hydrogen) atoms.